The van der Waals surface area contributed by atoms with Crippen molar-refractivity contribution < 1.29 is 4.74 Å². The lowest BCUT2D eigenvalue weighted by atomic mass is 10.1. The first-order valence-electron chi connectivity index (χ1n) is 5.57. The Morgan fingerprint density at radius 3 is 2.88 bits per heavy atom. The Morgan fingerprint density at radius 2 is 2.12 bits per heavy atom. The fraction of sp³-hybridized carbons (Fsp3) is 0.308. The van der Waals surface area contributed by atoms with Crippen LogP contribution in [0.3, 0.4) is 0 Å². The predicted octanol–water partition coefficient (Wildman–Crippen LogP) is 2.96. The first-order valence-corrected chi connectivity index (χ1v) is 5.57. The molecular formula is C13H14N2O. The summed E-state index contributed by atoms with van der Waals surface area (Å²) in [6, 6.07) is 10.1. The van der Waals surface area contributed by atoms with Gasteiger partial charge in [0.25, 0.3) is 0 Å². The Kier molecular flexibility index (Phi) is 2.17. The fourth-order valence-corrected chi connectivity index (χ4v) is 1.93. The van der Waals surface area contributed by atoms with Crippen molar-refractivity contribution in [3.8, 4) is 17.0 Å². The summed E-state index contributed by atoms with van der Waals surface area (Å²) in [6.07, 6.45) is 2.57. The number of aromatic amines is 1. The summed E-state index contributed by atoms with van der Waals surface area (Å²) in [5.41, 5.74) is 3.27. The molecule has 1 aliphatic rings. The molecule has 3 rings (SSSR count). The SMILES string of the molecule is COc1ccccc1-c1cc(C2CC2)[nH]n1. The third kappa shape index (κ3) is 1.58. The molecule has 0 aliphatic heterocycles. The topological polar surface area (TPSA) is 37.9 Å². The van der Waals surface area contributed by atoms with Crippen LogP contribution in [0.15, 0.2) is 30.3 Å². The first-order chi connectivity index (χ1) is 7.88. The molecule has 1 saturated carbocycles. The highest BCUT2D eigenvalue weighted by molar-refractivity contribution is 5.67. The standard InChI is InChI=1S/C13H14N2O/c1-16-13-5-3-2-4-10(13)12-8-11(14-15-12)9-6-7-9/h2-5,8-9H,6-7H2,1H3,(H,14,15). The number of ether oxygens (including phenoxy) is 1. The molecule has 1 aromatic heterocycles. The van der Waals surface area contributed by atoms with Gasteiger partial charge in [-0.15, -0.1) is 0 Å². The van der Waals surface area contributed by atoms with E-state index in [1.165, 1.54) is 18.5 Å². The zero-order valence-electron chi connectivity index (χ0n) is 9.23. The molecule has 0 amide bonds. The van der Waals surface area contributed by atoms with Crippen LogP contribution in [0.1, 0.15) is 24.5 Å². The van der Waals surface area contributed by atoms with Crippen molar-refractivity contribution >= 4 is 0 Å². The van der Waals surface area contributed by atoms with Gasteiger partial charge in [0.2, 0.25) is 0 Å². The van der Waals surface area contributed by atoms with Crippen molar-refractivity contribution in [2.75, 3.05) is 7.11 Å². The summed E-state index contributed by atoms with van der Waals surface area (Å²) in [5, 5.41) is 7.46. The maximum absolute atomic E-state index is 5.33. The highest BCUT2D eigenvalue weighted by Gasteiger charge is 2.25. The molecule has 1 fully saturated rings. The molecule has 1 aliphatic carbocycles. The van der Waals surface area contributed by atoms with Crippen LogP contribution in [-0.2, 0) is 0 Å². The molecule has 3 heteroatoms. The summed E-state index contributed by atoms with van der Waals surface area (Å²) in [5.74, 6) is 1.58. The zero-order chi connectivity index (χ0) is 11.0. The Morgan fingerprint density at radius 1 is 1.31 bits per heavy atom. The van der Waals surface area contributed by atoms with E-state index in [0.717, 1.165) is 17.0 Å². The molecule has 82 valence electrons. The Balaban J connectivity index is 2.00. The number of H-pyrrole nitrogens is 1. The third-order valence-corrected chi connectivity index (χ3v) is 3.00. The van der Waals surface area contributed by atoms with Gasteiger partial charge in [-0.3, -0.25) is 5.10 Å². The largest absolute Gasteiger partial charge is 0.496 e. The van der Waals surface area contributed by atoms with Crippen LogP contribution < -0.4 is 4.74 Å². The number of hydrogen-bond acceptors (Lipinski definition) is 2. The first kappa shape index (κ1) is 9.46. The lowest BCUT2D eigenvalue weighted by Gasteiger charge is -2.04. The van der Waals surface area contributed by atoms with E-state index in [1.54, 1.807) is 7.11 Å². The van der Waals surface area contributed by atoms with Gasteiger partial charge in [0, 0.05) is 17.2 Å². The van der Waals surface area contributed by atoms with Crippen LogP contribution in [0.25, 0.3) is 11.3 Å². The minimum atomic E-state index is 0.705. The monoisotopic (exact) mass is 214 g/mol. The molecule has 1 N–H and O–H groups in total. The van der Waals surface area contributed by atoms with E-state index in [1.807, 2.05) is 24.3 Å². The second-order valence-electron chi connectivity index (χ2n) is 4.18. The molecule has 2 aromatic rings. The zero-order valence-corrected chi connectivity index (χ0v) is 9.23. The minimum absolute atomic E-state index is 0.705. The second-order valence-corrected chi connectivity index (χ2v) is 4.18. The molecule has 0 atom stereocenters. The van der Waals surface area contributed by atoms with E-state index in [2.05, 4.69) is 16.3 Å². The number of nitrogens with zero attached hydrogens (tertiary/aromatic N) is 1. The van der Waals surface area contributed by atoms with Gasteiger partial charge in [-0.25, -0.2) is 0 Å². The van der Waals surface area contributed by atoms with Gasteiger partial charge in [0.1, 0.15) is 5.75 Å². The van der Waals surface area contributed by atoms with E-state index in [0.29, 0.717) is 5.92 Å². The summed E-state index contributed by atoms with van der Waals surface area (Å²) < 4.78 is 5.33. The van der Waals surface area contributed by atoms with Crippen molar-refractivity contribution in [2.45, 2.75) is 18.8 Å². The van der Waals surface area contributed by atoms with Crippen LogP contribution in [0, 0.1) is 0 Å². The normalized spacial score (nSPS) is 15.1. The van der Waals surface area contributed by atoms with Crippen LogP contribution in [0.4, 0.5) is 0 Å². The van der Waals surface area contributed by atoms with Crippen LogP contribution >= 0.6 is 0 Å². The fourth-order valence-electron chi connectivity index (χ4n) is 1.93. The summed E-state index contributed by atoms with van der Waals surface area (Å²) >= 11 is 0. The maximum Gasteiger partial charge on any atom is 0.128 e. The molecule has 0 spiro atoms. The highest BCUT2D eigenvalue weighted by atomic mass is 16.5. The average Bonchev–Trinajstić information content (AvgIpc) is 3.07. The van der Waals surface area contributed by atoms with E-state index < -0.39 is 0 Å². The summed E-state index contributed by atoms with van der Waals surface area (Å²) in [7, 11) is 1.69. The second kappa shape index (κ2) is 3.67. The van der Waals surface area contributed by atoms with Crippen LogP contribution in [0.5, 0.6) is 5.75 Å². The average molecular weight is 214 g/mol. The molecule has 0 radical (unpaired) electrons. The number of hydrogen-bond donors (Lipinski definition) is 1. The number of aromatic nitrogens is 2. The lowest BCUT2D eigenvalue weighted by Crippen LogP contribution is -1.87. The Hall–Kier alpha value is -1.77. The number of benzene rings is 1. The molecule has 16 heavy (non-hydrogen) atoms. The van der Waals surface area contributed by atoms with Gasteiger partial charge in [-0.1, -0.05) is 12.1 Å². The van der Waals surface area contributed by atoms with E-state index >= 15 is 0 Å². The van der Waals surface area contributed by atoms with Crippen molar-refractivity contribution in [3.05, 3.63) is 36.0 Å². The van der Waals surface area contributed by atoms with Gasteiger partial charge < -0.3 is 4.74 Å². The molecule has 0 bridgehead atoms. The number of para-hydroxylation sites is 1. The van der Waals surface area contributed by atoms with E-state index in [9.17, 15) is 0 Å². The lowest BCUT2D eigenvalue weighted by molar-refractivity contribution is 0.416. The number of rotatable bonds is 3. The Bertz CT molecular complexity index is 500. The smallest absolute Gasteiger partial charge is 0.128 e. The maximum atomic E-state index is 5.33. The summed E-state index contributed by atoms with van der Waals surface area (Å²) in [4.78, 5) is 0. The predicted molar refractivity (Wildman–Crippen MR) is 62.6 cm³/mol. The van der Waals surface area contributed by atoms with Gasteiger partial charge in [0.05, 0.1) is 12.8 Å². The molecule has 1 aromatic carbocycles. The van der Waals surface area contributed by atoms with Gasteiger partial charge in [-0.2, -0.15) is 5.10 Å². The minimum Gasteiger partial charge on any atom is -0.496 e. The Labute approximate surface area is 94.5 Å². The van der Waals surface area contributed by atoms with Crippen molar-refractivity contribution in [3.63, 3.8) is 0 Å². The van der Waals surface area contributed by atoms with E-state index in [4.69, 9.17) is 4.74 Å². The third-order valence-electron chi connectivity index (χ3n) is 3.00. The highest BCUT2D eigenvalue weighted by Crippen LogP contribution is 2.40. The van der Waals surface area contributed by atoms with Gasteiger partial charge >= 0.3 is 0 Å². The number of nitrogens with one attached hydrogen (secondary N) is 1. The summed E-state index contributed by atoms with van der Waals surface area (Å²) in [6.45, 7) is 0. The van der Waals surface area contributed by atoms with Gasteiger partial charge in [0.15, 0.2) is 0 Å². The molecule has 0 unspecified atom stereocenters. The quantitative estimate of drug-likeness (QED) is 0.853. The van der Waals surface area contributed by atoms with Gasteiger partial charge in [-0.05, 0) is 31.0 Å². The number of methoxy groups -OCH3 is 1. The van der Waals surface area contributed by atoms with Crippen LogP contribution in [-0.4, -0.2) is 17.3 Å². The van der Waals surface area contributed by atoms with Crippen molar-refractivity contribution in [1.29, 1.82) is 0 Å². The van der Waals surface area contributed by atoms with Crippen molar-refractivity contribution in [1.82, 2.24) is 10.2 Å². The van der Waals surface area contributed by atoms with E-state index in [-0.39, 0.29) is 0 Å². The molecule has 1 heterocycles. The molecule has 0 saturated heterocycles. The van der Waals surface area contributed by atoms with Crippen molar-refractivity contribution in [2.24, 2.45) is 0 Å². The molecule has 3 nitrogen and oxygen atoms in total. The molecular weight excluding hydrogens is 200 g/mol. The van der Waals surface area contributed by atoms with Crippen LogP contribution in [0.2, 0.25) is 0 Å².